The number of benzene rings is 2. The summed E-state index contributed by atoms with van der Waals surface area (Å²) in [6, 6.07) is 4.71. The second kappa shape index (κ2) is 13.6. The number of carboxylic acids is 2. The summed E-state index contributed by atoms with van der Waals surface area (Å²) in [5.41, 5.74) is -1.85. The van der Waals surface area contributed by atoms with Crippen molar-refractivity contribution in [1.82, 2.24) is 15.5 Å². The van der Waals surface area contributed by atoms with Crippen LogP contribution in [0, 0.1) is 6.92 Å². The number of fused-ring (bicyclic) bond motifs is 2. The van der Waals surface area contributed by atoms with Crippen molar-refractivity contribution >= 4 is 58.4 Å². The van der Waals surface area contributed by atoms with Gasteiger partial charge in [0, 0.05) is 18.2 Å². The van der Waals surface area contributed by atoms with E-state index in [1.807, 2.05) is 0 Å². The molecule has 2 aromatic carbocycles. The molecule has 0 bridgehead atoms. The first-order chi connectivity index (χ1) is 23.2. The van der Waals surface area contributed by atoms with Gasteiger partial charge in [0.05, 0.1) is 5.39 Å². The minimum absolute atomic E-state index is 0.0675. The Morgan fingerprint density at radius 2 is 1.76 bits per heavy atom. The van der Waals surface area contributed by atoms with E-state index in [-0.39, 0.29) is 51.7 Å². The predicted molar refractivity (Wildman–Crippen MR) is 167 cm³/mol. The van der Waals surface area contributed by atoms with Crippen LogP contribution in [0.4, 0.5) is 0 Å². The highest BCUT2D eigenvalue weighted by molar-refractivity contribution is 8.00. The molecule has 5 rings (SSSR count). The van der Waals surface area contributed by atoms with Gasteiger partial charge in [-0.2, -0.15) is 0 Å². The normalized spacial score (nSPS) is 17.4. The molecule has 2 aliphatic heterocycles. The molecule has 3 heterocycles. The molecule has 1 fully saturated rings. The molecule has 49 heavy (non-hydrogen) atoms. The number of hydrogen-bond acceptors (Lipinski definition) is 13. The van der Waals surface area contributed by atoms with E-state index in [2.05, 4.69) is 10.6 Å². The van der Waals surface area contributed by atoms with Gasteiger partial charge in [-0.05, 0) is 36.8 Å². The Labute approximate surface area is 279 Å². The number of β-lactam (4-membered cyclic amide) rings is 1. The number of carboxylic acid groups (broad SMARTS) is 2. The van der Waals surface area contributed by atoms with Gasteiger partial charge in [-0.15, -0.1) is 11.8 Å². The van der Waals surface area contributed by atoms with Crippen LogP contribution in [0.5, 0.6) is 17.2 Å². The summed E-state index contributed by atoms with van der Waals surface area (Å²) >= 11 is 1.12. The average molecular weight is 698 g/mol. The number of ether oxygens (including phenoxy) is 2. The molecule has 17 nitrogen and oxygen atoms in total. The van der Waals surface area contributed by atoms with Gasteiger partial charge in [-0.3, -0.25) is 28.9 Å². The fraction of sp³-hybridized carbons (Fsp3) is 0.258. The Kier molecular flexibility index (Phi) is 9.52. The van der Waals surface area contributed by atoms with Crippen LogP contribution in [0.15, 0.2) is 56.9 Å². The van der Waals surface area contributed by atoms with E-state index in [9.17, 15) is 48.9 Å². The number of carbonyl (C=O) groups excluding carboxylic acids is 4. The number of thioether (sulfide) groups is 1. The van der Waals surface area contributed by atoms with Crippen LogP contribution in [-0.4, -0.2) is 91.3 Å². The number of nitrogens with one attached hydrogen (secondary N) is 2. The fourth-order valence-electron chi connectivity index (χ4n) is 5.23. The van der Waals surface area contributed by atoms with Crippen LogP contribution < -0.4 is 20.8 Å². The Morgan fingerprint density at radius 1 is 1.06 bits per heavy atom. The minimum Gasteiger partial charge on any atom is -0.504 e. The van der Waals surface area contributed by atoms with E-state index >= 15 is 0 Å². The van der Waals surface area contributed by atoms with Crippen molar-refractivity contribution < 1.29 is 63.1 Å². The van der Waals surface area contributed by atoms with Crippen molar-refractivity contribution in [2.45, 2.75) is 31.3 Å². The first-order valence-electron chi connectivity index (χ1n) is 14.3. The lowest BCUT2D eigenvalue weighted by Crippen LogP contribution is -2.71. The van der Waals surface area contributed by atoms with Gasteiger partial charge in [-0.1, -0.05) is 12.1 Å². The van der Waals surface area contributed by atoms with Gasteiger partial charge in [0.1, 0.15) is 46.8 Å². The minimum atomic E-state index is -1.58. The SMILES string of the molecule is CC(=O)OCC1=C(C(=O)O)N2C(=O)[C@H](NC(=O)C(NC(=O)c3c(C)oc4c(O)c(O)ccc4c3=O)c3ccc(OCC(=O)O)cc3)[C@@H]2SC1. The number of phenolic OH excluding ortho intramolecular Hbond substituents is 2. The fourth-order valence-corrected chi connectivity index (χ4v) is 6.56. The number of amides is 3. The Hall–Kier alpha value is -6.04. The summed E-state index contributed by atoms with van der Waals surface area (Å²) in [7, 11) is 0. The summed E-state index contributed by atoms with van der Waals surface area (Å²) in [6.45, 7) is 1.41. The number of aryl methyl sites for hydroxylation is 1. The zero-order valence-corrected chi connectivity index (χ0v) is 26.4. The molecule has 1 saturated heterocycles. The van der Waals surface area contributed by atoms with E-state index in [4.69, 9.17) is 19.0 Å². The van der Waals surface area contributed by atoms with Gasteiger partial charge in [-0.25, -0.2) is 9.59 Å². The number of hydrogen-bond donors (Lipinski definition) is 6. The largest absolute Gasteiger partial charge is 0.504 e. The zero-order chi connectivity index (χ0) is 35.7. The maximum absolute atomic E-state index is 13.8. The molecule has 3 atom stereocenters. The molecular weight excluding hydrogens is 670 g/mol. The van der Waals surface area contributed by atoms with Crippen molar-refractivity contribution in [2.75, 3.05) is 19.0 Å². The Balaban J connectivity index is 1.44. The van der Waals surface area contributed by atoms with E-state index in [0.29, 0.717) is 0 Å². The summed E-state index contributed by atoms with van der Waals surface area (Å²) in [6.07, 6.45) is 0. The monoisotopic (exact) mass is 697 g/mol. The molecule has 0 saturated carbocycles. The number of carbonyl (C=O) groups is 6. The van der Waals surface area contributed by atoms with Crippen molar-refractivity contribution in [2.24, 2.45) is 0 Å². The molecule has 0 spiro atoms. The van der Waals surface area contributed by atoms with Crippen LogP contribution >= 0.6 is 11.8 Å². The molecule has 1 aromatic heterocycles. The van der Waals surface area contributed by atoms with Crippen molar-refractivity contribution in [3.05, 3.63) is 74.8 Å². The van der Waals surface area contributed by atoms with Crippen LogP contribution in [0.1, 0.15) is 34.6 Å². The topological polar surface area (TPSA) is 259 Å². The Morgan fingerprint density at radius 3 is 2.39 bits per heavy atom. The van der Waals surface area contributed by atoms with Crippen LogP contribution in [0.3, 0.4) is 0 Å². The van der Waals surface area contributed by atoms with E-state index < -0.39 is 82.2 Å². The maximum atomic E-state index is 13.8. The predicted octanol–water partition coefficient (Wildman–Crippen LogP) is 0.749. The van der Waals surface area contributed by atoms with Gasteiger partial charge >= 0.3 is 17.9 Å². The maximum Gasteiger partial charge on any atom is 0.352 e. The van der Waals surface area contributed by atoms with Crippen LogP contribution in [0.2, 0.25) is 0 Å². The molecule has 6 N–H and O–H groups in total. The second-order valence-electron chi connectivity index (χ2n) is 10.8. The quantitative estimate of drug-likeness (QED) is 0.0918. The van der Waals surface area contributed by atoms with Gasteiger partial charge in [0.2, 0.25) is 17.1 Å². The van der Waals surface area contributed by atoms with Crippen LogP contribution in [-0.2, 0) is 28.7 Å². The lowest BCUT2D eigenvalue weighted by Gasteiger charge is -2.49. The summed E-state index contributed by atoms with van der Waals surface area (Å²) in [5, 5.41) is 42.6. The first-order valence-corrected chi connectivity index (χ1v) is 15.3. The molecule has 2 aliphatic rings. The molecule has 0 aliphatic carbocycles. The number of nitrogens with zero attached hydrogens (tertiary/aromatic N) is 1. The third-order valence-electron chi connectivity index (χ3n) is 7.53. The highest BCUT2D eigenvalue weighted by Gasteiger charge is 2.54. The van der Waals surface area contributed by atoms with Gasteiger partial charge in [0.25, 0.3) is 11.8 Å². The highest BCUT2D eigenvalue weighted by Crippen LogP contribution is 2.41. The van der Waals surface area contributed by atoms with Crippen molar-refractivity contribution in [3.63, 3.8) is 0 Å². The summed E-state index contributed by atoms with van der Waals surface area (Å²) in [4.78, 5) is 89.2. The lowest BCUT2D eigenvalue weighted by atomic mass is 10.0. The van der Waals surface area contributed by atoms with Crippen molar-refractivity contribution in [3.8, 4) is 17.2 Å². The summed E-state index contributed by atoms with van der Waals surface area (Å²) in [5.74, 6) is -7.45. The van der Waals surface area contributed by atoms with E-state index in [1.165, 1.54) is 31.2 Å². The molecular formula is C31H27N3O14S. The van der Waals surface area contributed by atoms with Gasteiger partial charge in [0.15, 0.2) is 17.9 Å². The number of rotatable bonds is 11. The number of aromatic hydroxyl groups is 2. The lowest BCUT2D eigenvalue weighted by molar-refractivity contribution is -0.151. The standard InChI is InChI=1S/C31H27N3O14S/c1-12-20(24(39)17-7-8-18(36)25(40)26(17)48-12)27(41)32-21(14-3-5-16(6-4-14)47-10-19(37)38)28(42)33-22-29(43)34-23(31(44)45)15(9-46-13(2)35)11-49-30(22)34/h3-8,21-22,30,36,40H,9-11H2,1-2H3,(H,32,41)(H,33,42)(H,37,38)(H,44,45)/t21?,22-,30-/m0/s1. The molecule has 3 amide bonds. The molecule has 18 heteroatoms. The highest BCUT2D eigenvalue weighted by atomic mass is 32.2. The van der Waals surface area contributed by atoms with E-state index in [0.717, 1.165) is 35.7 Å². The molecule has 1 unspecified atom stereocenters. The second-order valence-corrected chi connectivity index (χ2v) is 11.9. The van der Waals surface area contributed by atoms with E-state index in [1.54, 1.807) is 0 Å². The first kappa shape index (κ1) is 34.3. The number of esters is 1. The smallest absolute Gasteiger partial charge is 0.352 e. The third-order valence-corrected chi connectivity index (χ3v) is 8.87. The number of phenols is 2. The van der Waals surface area contributed by atoms with Crippen molar-refractivity contribution in [1.29, 1.82) is 0 Å². The summed E-state index contributed by atoms with van der Waals surface area (Å²) < 4.78 is 15.5. The average Bonchev–Trinajstić information content (AvgIpc) is 3.05. The molecule has 256 valence electrons. The molecule has 0 radical (unpaired) electrons. The molecule has 3 aromatic rings. The third kappa shape index (κ3) is 6.71. The zero-order valence-electron chi connectivity index (χ0n) is 25.5. The van der Waals surface area contributed by atoms with Crippen LogP contribution in [0.25, 0.3) is 11.0 Å². The Bertz CT molecular complexity index is 2000. The number of aliphatic carboxylic acids is 2. The van der Waals surface area contributed by atoms with Gasteiger partial charge < -0.3 is 45.0 Å².